The first-order valence-electron chi connectivity index (χ1n) is 5.97. The molecule has 0 saturated carbocycles. The lowest BCUT2D eigenvalue weighted by Crippen LogP contribution is -2.24. The third-order valence-electron chi connectivity index (χ3n) is 2.48. The maximum absolute atomic E-state index is 11.9. The number of aryl methyl sites for hydroxylation is 1. The Morgan fingerprint density at radius 2 is 2.37 bits per heavy atom. The molecule has 2 aromatic rings. The van der Waals surface area contributed by atoms with Gasteiger partial charge >= 0.3 is 0 Å². The molecule has 0 aliphatic heterocycles. The normalized spacial score (nSPS) is 10.6. The van der Waals surface area contributed by atoms with Gasteiger partial charge in [0.2, 0.25) is 5.89 Å². The van der Waals surface area contributed by atoms with Crippen molar-refractivity contribution in [3.05, 3.63) is 33.8 Å². The van der Waals surface area contributed by atoms with Crippen LogP contribution in [0.15, 0.2) is 21.8 Å². The van der Waals surface area contributed by atoms with E-state index in [0.717, 1.165) is 6.42 Å². The van der Waals surface area contributed by atoms with E-state index in [2.05, 4.69) is 20.6 Å². The zero-order chi connectivity index (χ0) is 13.7. The highest BCUT2D eigenvalue weighted by Crippen LogP contribution is 2.15. The third kappa shape index (κ3) is 3.31. The van der Waals surface area contributed by atoms with Gasteiger partial charge in [0.1, 0.15) is 5.02 Å². The summed E-state index contributed by atoms with van der Waals surface area (Å²) < 4.78 is 6.21. The molecule has 0 bridgehead atoms. The van der Waals surface area contributed by atoms with Crippen LogP contribution < -0.4 is 10.9 Å². The summed E-state index contributed by atoms with van der Waals surface area (Å²) in [5.74, 6) is 0.524. The fourth-order valence-corrected chi connectivity index (χ4v) is 1.78. The van der Waals surface area contributed by atoms with E-state index in [-0.39, 0.29) is 10.6 Å². The lowest BCUT2D eigenvalue weighted by Gasteiger charge is -2.08. The zero-order valence-electron chi connectivity index (χ0n) is 10.5. The van der Waals surface area contributed by atoms with Gasteiger partial charge in [-0.2, -0.15) is 10.1 Å². The van der Waals surface area contributed by atoms with Crippen LogP contribution in [0, 0.1) is 0 Å². The molecule has 0 radical (unpaired) electrons. The Labute approximate surface area is 114 Å². The Morgan fingerprint density at radius 1 is 1.53 bits per heavy atom. The summed E-state index contributed by atoms with van der Waals surface area (Å²) in [5, 5.41) is 10.7. The third-order valence-corrected chi connectivity index (χ3v) is 2.85. The predicted octanol–water partition coefficient (Wildman–Crippen LogP) is 1.34. The Morgan fingerprint density at radius 3 is 3.05 bits per heavy atom. The molecule has 0 fully saturated rings. The van der Waals surface area contributed by atoms with Crippen molar-refractivity contribution >= 4 is 17.3 Å². The first kappa shape index (κ1) is 13.5. The molecule has 0 aliphatic carbocycles. The van der Waals surface area contributed by atoms with E-state index in [1.165, 1.54) is 11.0 Å². The molecule has 0 saturated heterocycles. The van der Waals surface area contributed by atoms with E-state index < -0.39 is 0 Å². The first-order valence-corrected chi connectivity index (χ1v) is 6.35. The fourth-order valence-electron chi connectivity index (χ4n) is 1.57. The summed E-state index contributed by atoms with van der Waals surface area (Å²) in [6, 6.07) is 0. The monoisotopic (exact) mass is 283 g/mol. The van der Waals surface area contributed by atoms with E-state index in [1.807, 2.05) is 6.92 Å². The number of nitrogens with zero attached hydrogens (tertiary/aromatic N) is 4. The maximum Gasteiger partial charge on any atom is 0.287 e. The van der Waals surface area contributed by atoms with Gasteiger partial charge in [-0.05, 0) is 6.42 Å². The molecule has 2 heterocycles. The zero-order valence-corrected chi connectivity index (χ0v) is 11.2. The molecule has 0 atom stereocenters. The van der Waals surface area contributed by atoms with Crippen molar-refractivity contribution in [1.29, 1.82) is 0 Å². The minimum Gasteiger partial charge on any atom is -0.382 e. The fraction of sp³-hybridized carbons (Fsp3) is 0.455. The van der Waals surface area contributed by atoms with Crippen LogP contribution in [0.4, 0.5) is 5.69 Å². The molecule has 2 rings (SSSR count). The lowest BCUT2D eigenvalue weighted by molar-refractivity contribution is 0.380. The van der Waals surface area contributed by atoms with Gasteiger partial charge in [0.15, 0.2) is 6.33 Å². The number of rotatable bonds is 6. The topological polar surface area (TPSA) is 85.8 Å². The van der Waals surface area contributed by atoms with Gasteiger partial charge in [0.05, 0.1) is 11.9 Å². The summed E-state index contributed by atoms with van der Waals surface area (Å²) >= 11 is 6.01. The molecule has 8 heteroatoms. The van der Waals surface area contributed by atoms with Crippen LogP contribution in [0.1, 0.15) is 19.2 Å². The Kier molecular flexibility index (Phi) is 4.51. The molecule has 0 amide bonds. The average molecular weight is 284 g/mol. The summed E-state index contributed by atoms with van der Waals surface area (Å²) in [4.78, 5) is 15.8. The predicted molar refractivity (Wildman–Crippen MR) is 70.3 cm³/mol. The summed E-state index contributed by atoms with van der Waals surface area (Å²) in [7, 11) is 0. The van der Waals surface area contributed by atoms with E-state index in [9.17, 15) is 4.79 Å². The lowest BCUT2D eigenvalue weighted by atomic mass is 10.4. The van der Waals surface area contributed by atoms with Gasteiger partial charge < -0.3 is 9.84 Å². The molecule has 7 nitrogen and oxygen atoms in total. The van der Waals surface area contributed by atoms with Gasteiger partial charge in [0.25, 0.3) is 5.56 Å². The largest absolute Gasteiger partial charge is 0.382 e. The molecule has 0 unspecified atom stereocenters. The second-order valence-corrected chi connectivity index (χ2v) is 4.29. The average Bonchev–Trinajstić information content (AvgIpc) is 2.91. The molecule has 0 aromatic carbocycles. The number of anilines is 1. The van der Waals surface area contributed by atoms with Crippen LogP contribution in [-0.4, -0.2) is 26.5 Å². The molecule has 1 N–H and O–H groups in total. The molecular weight excluding hydrogens is 270 g/mol. The van der Waals surface area contributed by atoms with Crippen LogP contribution in [0.2, 0.25) is 5.02 Å². The number of hydrogen-bond donors (Lipinski definition) is 1. The van der Waals surface area contributed by atoms with Crippen LogP contribution >= 0.6 is 11.6 Å². The first-order chi connectivity index (χ1) is 9.22. The molecule has 102 valence electrons. The van der Waals surface area contributed by atoms with Crippen molar-refractivity contribution in [3.63, 3.8) is 0 Å². The maximum atomic E-state index is 11.9. The number of aromatic nitrogens is 4. The minimum atomic E-state index is -0.286. The Balaban J connectivity index is 2.01. The van der Waals surface area contributed by atoms with Gasteiger partial charge in [-0.3, -0.25) is 4.79 Å². The molecule has 2 aromatic heterocycles. The number of nitrogens with one attached hydrogen (secondary N) is 1. The highest BCUT2D eigenvalue weighted by molar-refractivity contribution is 6.32. The molecule has 0 spiro atoms. The smallest absolute Gasteiger partial charge is 0.287 e. The Bertz CT molecular complexity index is 581. The quantitative estimate of drug-likeness (QED) is 0.861. The second kappa shape index (κ2) is 6.33. The van der Waals surface area contributed by atoms with Crippen molar-refractivity contribution < 1.29 is 4.52 Å². The Hall–Kier alpha value is -1.89. The van der Waals surface area contributed by atoms with Gasteiger partial charge in [0, 0.05) is 19.5 Å². The minimum absolute atomic E-state index is 0.147. The summed E-state index contributed by atoms with van der Waals surface area (Å²) in [5.41, 5.74) is 0.227. The van der Waals surface area contributed by atoms with Crippen LogP contribution in [-0.2, 0) is 13.0 Å². The van der Waals surface area contributed by atoms with Crippen molar-refractivity contribution in [2.24, 2.45) is 0 Å². The molecule has 19 heavy (non-hydrogen) atoms. The molecule has 0 aliphatic rings. The summed E-state index contributed by atoms with van der Waals surface area (Å²) in [6.45, 7) is 3.06. The van der Waals surface area contributed by atoms with Gasteiger partial charge in [-0.15, -0.1) is 0 Å². The van der Waals surface area contributed by atoms with E-state index in [4.69, 9.17) is 16.1 Å². The van der Waals surface area contributed by atoms with Crippen molar-refractivity contribution in [1.82, 2.24) is 19.9 Å². The van der Waals surface area contributed by atoms with Crippen molar-refractivity contribution in [3.8, 4) is 0 Å². The second-order valence-electron chi connectivity index (χ2n) is 3.91. The molecular formula is C11H14ClN5O2. The van der Waals surface area contributed by atoms with Crippen molar-refractivity contribution in [2.75, 3.05) is 11.9 Å². The van der Waals surface area contributed by atoms with E-state index >= 15 is 0 Å². The van der Waals surface area contributed by atoms with Crippen LogP contribution in [0.25, 0.3) is 0 Å². The van der Waals surface area contributed by atoms with Crippen molar-refractivity contribution in [2.45, 2.75) is 26.3 Å². The highest BCUT2D eigenvalue weighted by atomic mass is 35.5. The van der Waals surface area contributed by atoms with Gasteiger partial charge in [-0.25, -0.2) is 4.68 Å². The summed E-state index contributed by atoms with van der Waals surface area (Å²) in [6.07, 6.45) is 4.27. The van der Waals surface area contributed by atoms with Crippen LogP contribution in [0.5, 0.6) is 0 Å². The van der Waals surface area contributed by atoms with E-state index in [1.54, 1.807) is 6.20 Å². The standard InChI is InChI=1S/C11H14ClN5O2/c1-2-5-17-11(18)10(12)8(6-15-17)13-4-3-9-14-7-16-19-9/h6-7,13H,2-5H2,1H3. The SMILES string of the molecule is CCCn1ncc(NCCc2ncno2)c(Cl)c1=O. The number of hydrogen-bond acceptors (Lipinski definition) is 6. The number of halogens is 1. The highest BCUT2D eigenvalue weighted by Gasteiger charge is 2.08. The van der Waals surface area contributed by atoms with E-state index in [0.29, 0.717) is 31.1 Å². The van der Waals surface area contributed by atoms with Crippen LogP contribution in [0.3, 0.4) is 0 Å². The van der Waals surface area contributed by atoms with Gasteiger partial charge in [-0.1, -0.05) is 23.7 Å².